The van der Waals surface area contributed by atoms with Crippen LogP contribution in [0.1, 0.15) is 44.0 Å². The van der Waals surface area contributed by atoms with Gasteiger partial charge in [0.15, 0.2) is 0 Å². The standard InChI is InChI=1S/C19H28N2O5S/c1-13(2)14(3)20-18(22)15-9-11-21(12-10-15)27(24,25)17-8-6-5-7-16(17)19(23)26-4/h5-8,13-15H,9-12H2,1-4H3,(H,20,22). The van der Waals surface area contributed by atoms with Gasteiger partial charge < -0.3 is 10.1 Å². The van der Waals surface area contributed by atoms with Gasteiger partial charge >= 0.3 is 5.97 Å². The fraction of sp³-hybridized carbons (Fsp3) is 0.579. The Bertz CT molecular complexity index is 783. The van der Waals surface area contributed by atoms with Gasteiger partial charge in [0.2, 0.25) is 15.9 Å². The van der Waals surface area contributed by atoms with Crippen molar-refractivity contribution < 1.29 is 22.7 Å². The second-order valence-corrected chi connectivity index (χ2v) is 9.11. The zero-order chi connectivity index (χ0) is 20.2. The molecule has 1 unspecified atom stereocenters. The molecule has 1 fully saturated rings. The highest BCUT2D eigenvalue weighted by Crippen LogP contribution is 2.26. The maximum atomic E-state index is 13.0. The third-order valence-corrected chi connectivity index (χ3v) is 7.06. The predicted octanol–water partition coefficient (Wildman–Crippen LogP) is 2.03. The smallest absolute Gasteiger partial charge is 0.339 e. The van der Waals surface area contributed by atoms with E-state index in [0.29, 0.717) is 18.8 Å². The van der Waals surface area contributed by atoms with Crippen LogP contribution in [0.3, 0.4) is 0 Å². The zero-order valence-corrected chi connectivity index (χ0v) is 17.1. The van der Waals surface area contributed by atoms with Crippen molar-refractivity contribution >= 4 is 21.9 Å². The fourth-order valence-electron chi connectivity index (χ4n) is 2.98. The number of nitrogens with zero attached hydrogens (tertiary/aromatic N) is 1. The summed E-state index contributed by atoms with van der Waals surface area (Å²) in [5.74, 6) is -0.577. The highest BCUT2D eigenvalue weighted by atomic mass is 32.2. The molecule has 1 amide bonds. The Morgan fingerprint density at radius 1 is 1.15 bits per heavy atom. The van der Waals surface area contributed by atoms with Crippen molar-refractivity contribution in [1.29, 1.82) is 0 Å². The quantitative estimate of drug-likeness (QED) is 0.743. The molecule has 0 aromatic heterocycles. The first-order valence-corrected chi connectivity index (χ1v) is 10.6. The molecule has 2 rings (SSSR count). The molecule has 27 heavy (non-hydrogen) atoms. The van der Waals surface area contributed by atoms with E-state index in [1.165, 1.54) is 23.5 Å². The topological polar surface area (TPSA) is 92.8 Å². The molecule has 1 N–H and O–H groups in total. The maximum absolute atomic E-state index is 13.0. The van der Waals surface area contributed by atoms with E-state index < -0.39 is 16.0 Å². The van der Waals surface area contributed by atoms with Gasteiger partial charge in [-0.05, 0) is 37.8 Å². The Morgan fingerprint density at radius 2 is 1.74 bits per heavy atom. The number of carbonyl (C=O) groups excluding carboxylic acids is 2. The summed E-state index contributed by atoms with van der Waals surface area (Å²) in [6, 6.07) is 6.09. The summed E-state index contributed by atoms with van der Waals surface area (Å²) in [6.07, 6.45) is 0.909. The Hall–Kier alpha value is -1.93. The first-order valence-electron chi connectivity index (χ1n) is 9.16. The van der Waals surface area contributed by atoms with Crippen LogP contribution in [0, 0.1) is 11.8 Å². The molecule has 0 aliphatic carbocycles. The summed E-state index contributed by atoms with van der Waals surface area (Å²) in [7, 11) is -2.62. The maximum Gasteiger partial charge on any atom is 0.339 e. The number of sulfonamides is 1. The Labute approximate surface area is 161 Å². The Kier molecular flexibility index (Phi) is 7.00. The van der Waals surface area contributed by atoms with Gasteiger partial charge in [-0.3, -0.25) is 4.79 Å². The molecule has 1 heterocycles. The van der Waals surface area contributed by atoms with Crippen molar-refractivity contribution in [1.82, 2.24) is 9.62 Å². The van der Waals surface area contributed by atoms with Crippen LogP contribution in [0.5, 0.6) is 0 Å². The van der Waals surface area contributed by atoms with Crippen LogP contribution in [-0.2, 0) is 19.6 Å². The van der Waals surface area contributed by atoms with Crippen LogP contribution < -0.4 is 5.32 Å². The molecule has 0 spiro atoms. The first kappa shape index (κ1) is 21.4. The van der Waals surface area contributed by atoms with Gasteiger partial charge in [0.05, 0.1) is 17.6 Å². The van der Waals surface area contributed by atoms with E-state index in [1.54, 1.807) is 12.1 Å². The van der Waals surface area contributed by atoms with E-state index in [1.807, 2.05) is 20.8 Å². The van der Waals surface area contributed by atoms with E-state index in [4.69, 9.17) is 0 Å². The van der Waals surface area contributed by atoms with Crippen molar-refractivity contribution in [3.8, 4) is 0 Å². The monoisotopic (exact) mass is 396 g/mol. The molecular formula is C19H28N2O5S. The van der Waals surface area contributed by atoms with Gasteiger partial charge in [0.1, 0.15) is 0 Å². The number of piperidine rings is 1. The van der Waals surface area contributed by atoms with Gasteiger partial charge in [-0.25, -0.2) is 13.2 Å². The number of rotatable bonds is 6. The second-order valence-electron chi connectivity index (χ2n) is 7.21. The minimum atomic E-state index is -3.83. The number of carbonyl (C=O) groups is 2. The lowest BCUT2D eigenvalue weighted by atomic mass is 9.96. The minimum absolute atomic E-state index is 0.0191. The molecule has 1 aliphatic heterocycles. The van der Waals surface area contributed by atoms with Crippen molar-refractivity contribution in [3.63, 3.8) is 0 Å². The predicted molar refractivity (Wildman–Crippen MR) is 102 cm³/mol. The van der Waals surface area contributed by atoms with Crippen molar-refractivity contribution in [2.75, 3.05) is 20.2 Å². The molecule has 0 radical (unpaired) electrons. The number of hydrogen-bond acceptors (Lipinski definition) is 5. The average Bonchev–Trinajstić information content (AvgIpc) is 2.67. The largest absolute Gasteiger partial charge is 0.465 e. The fourth-order valence-corrected chi connectivity index (χ4v) is 4.63. The molecule has 1 saturated heterocycles. The van der Waals surface area contributed by atoms with Gasteiger partial charge in [0, 0.05) is 25.0 Å². The van der Waals surface area contributed by atoms with E-state index in [0.717, 1.165) is 0 Å². The summed E-state index contributed by atoms with van der Waals surface area (Å²) in [6.45, 7) is 6.53. The van der Waals surface area contributed by atoms with Crippen molar-refractivity contribution in [2.24, 2.45) is 11.8 Å². The lowest BCUT2D eigenvalue weighted by molar-refractivity contribution is -0.127. The third kappa shape index (κ3) is 4.87. The third-order valence-electron chi connectivity index (χ3n) is 5.10. The number of esters is 1. The number of benzene rings is 1. The Balaban J connectivity index is 2.10. The molecule has 1 aromatic rings. The molecule has 1 atom stereocenters. The van der Waals surface area contributed by atoms with E-state index in [2.05, 4.69) is 10.1 Å². The molecule has 7 nitrogen and oxygen atoms in total. The molecule has 1 aromatic carbocycles. The number of ether oxygens (including phenoxy) is 1. The number of nitrogens with one attached hydrogen (secondary N) is 1. The zero-order valence-electron chi connectivity index (χ0n) is 16.3. The normalized spacial score (nSPS) is 17.5. The van der Waals surface area contributed by atoms with Crippen LogP contribution in [0.4, 0.5) is 0 Å². The lowest BCUT2D eigenvalue weighted by Crippen LogP contribution is -2.45. The summed E-state index contributed by atoms with van der Waals surface area (Å²) >= 11 is 0. The van der Waals surface area contributed by atoms with Gasteiger partial charge in [-0.2, -0.15) is 4.31 Å². The summed E-state index contributed by atoms with van der Waals surface area (Å²) < 4.78 is 32.0. The average molecular weight is 397 g/mol. The number of hydrogen-bond donors (Lipinski definition) is 1. The van der Waals surface area contributed by atoms with Gasteiger partial charge in [-0.1, -0.05) is 26.0 Å². The minimum Gasteiger partial charge on any atom is -0.465 e. The van der Waals surface area contributed by atoms with E-state index >= 15 is 0 Å². The molecular weight excluding hydrogens is 368 g/mol. The summed E-state index contributed by atoms with van der Waals surface area (Å²) in [4.78, 5) is 24.2. The molecule has 8 heteroatoms. The van der Waals surface area contributed by atoms with Crippen LogP contribution in [0.25, 0.3) is 0 Å². The highest BCUT2D eigenvalue weighted by Gasteiger charge is 2.34. The molecule has 1 aliphatic rings. The van der Waals surface area contributed by atoms with E-state index in [-0.39, 0.29) is 41.4 Å². The van der Waals surface area contributed by atoms with Gasteiger partial charge in [-0.15, -0.1) is 0 Å². The van der Waals surface area contributed by atoms with Crippen LogP contribution in [0.2, 0.25) is 0 Å². The SMILES string of the molecule is COC(=O)c1ccccc1S(=O)(=O)N1CCC(C(=O)NC(C)C(C)C)CC1. The number of methoxy groups -OCH3 is 1. The van der Waals surface area contributed by atoms with Crippen molar-refractivity contribution in [2.45, 2.75) is 44.6 Å². The van der Waals surface area contributed by atoms with Crippen molar-refractivity contribution in [3.05, 3.63) is 29.8 Å². The number of amides is 1. The lowest BCUT2D eigenvalue weighted by Gasteiger charge is -2.31. The first-order chi connectivity index (χ1) is 12.7. The molecule has 0 saturated carbocycles. The van der Waals surface area contributed by atoms with E-state index in [9.17, 15) is 18.0 Å². The highest BCUT2D eigenvalue weighted by molar-refractivity contribution is 7.89. The second kappa shape index (κ2) is 8.84. The summed E-state index contributed by atoms with van der Waals surface area (Å²) in [5.41, 5.74) is 0.0191. The summed E-state index contributed by atoms with van der Waals surface area (Å²) in [5, 5.41) is 3.00. The van der Waals surface area contributed by atoms with Crippen LogP contribution in [0.15, 0.2) is 29.2 Å². The van der Waals surface area contributed by atoms with Gasteiger partial charge in [0.25, 0.3) is 0 Å². The van der Waals surface area contributed by atoms with Crippen LogP contribution >= 0.6 is 0 Å². The molecule has 0 bridgehead atoms. The Morgan fingerprint density at radius 3 is 2.30 bits per heavy atom. The molecule has 150 valence electrons. The van der Waals surface area contributed by atoms with Crippen LogP contribution in [-0.4, -0.2) is 50.8 Å².